The standard InChI is InChI=1S/C38H57N3/c1-3-5-7-9-11-13-25-38(30-39)26-23-34(24-27-38)32-19-21-35(22-20-32)37-40-28-36(29-41-37)33-17-15-31(16-18-33)14-12-10-8-6-4-2/h19-22,28-29,31,33-34H,3-18,23-27H2,1-2H3. The van der Waals surface area contributed by atoms with Gasteiger partial charge >= 0.3 is 0 Å². The average Bonchev–Trinajstić information content (AvgIpc) is 3.03. The Kier molecular flexibility index (Phi) is 13.2. The fourth-order valence-electron chi connectivity index (χ4n) is 7.59. The van der Waals surface area contributed by atoms with Gasteiger partial charge in [0.2, 0.25) is 0 Å². The van der Waals surface area contributed by atoms with Crippen LogP contribution in [-0.2, 0) is 0 Å². The molecule has 4 rings (SSSR count). The Morgan fingerprint density at radius 2 is 1.24 bits per heavy atom. The maximum absolute atomic E-state index is 10.0. The van der Waals surface area contributed by atoms with Crippen molar-refractivity contribution in [2.24, 2.45) is 11.3 Å². The van der Waals surface area contributed by atoms with Crippen LogP contribution < -0.4 is 0 Å². The van der Waals surface area contributed by atoms with Crippen molar-refractivity contribution in [2.75, 3.05) is 0 Å². The molecule has 0 atom stereocenters. The molecule has 2 fully saturated rings. The minimum Gasteiger partial charge on any atom is -0.236 e. The molecule has 3 nitrogen and oxygen atoms in total. The number of unbranched alkanes of at least 4 members (excludes halogenated alkanes) is 9. The molecule has 3 heteroatoms. The van der Waals surface area contributed by atoms with E-state index in [0.717, 1.165) is 49.4 Å². The fourth-order valence-corrected chi connectivity index (χ4v) is 7.59. The summed E-state index contributed by atoms with van der Waals surface area (Å²) in [6.07, 6.45) is 31.3. The number of nitriles is 1. The highest BCUT2D eigenvalue weighted by atomic mass is 14.9. The van der Waals surface area contributed by atoms with E-state index in [2.05, 4.69) is 56.6 Å². The lowest BCUT2D eigenvalue weighted by molar-refractivity contribution is 0.223. The van der Waals surface area contributed by atoms with Gasteiger partial charge in [-0.1, -0.05) is 115 Å². The van der Waals surface area contributed by atoms with Crippen LogP contribution in [0.4, 0.5) is 0 Å². The minimum absolute atomic E-state index is 0.0791. The first-order valence-corrected chi connectivity index (χ1v) is 17.5. The van der Waals surface area contributed by atoms with E-state index in [1.807, 2.05) is 0 Å². The number of benzene rings is 1. The summed E-state index contributed by atoms with van der Waals surface area (Å²) >= 11 is 0. The third kappa shape index (κ3) is 9.66. The van der Waals surface area contributed by atoms with Gasteiger partial charge in [0.1, 0.15) is 0 Å². The van der Waals surface area contributed by atoms with Gasteiger partial charge in [-0.25, -0.2) is 9.97 Å². The summed E-state index contributed by atoms with van der Waals surface area (Å²) in [4.78, 5) is 9.60. The zero-order valence-electron chi connectivity index (χ0n) is 26.4. The van der Waals surface area contributed by atoms with Crippen LogP contribution >= 0.6 is 0 Å². The van der Waals surface area contributed by atoms with Gasteiger partial charge < -0.3 is 0 Å². The Bertz CT molecular complexity index is 1020. The van der Waals surface area contributed by atoms with Gasteiger partial charge in [0.05, 0.1) is 11.5 Å². The largest absolute Gasteiger partial charge is 0.236 e. The summed E-state index contributed by atoms with van der Waals surface area (Å²) in [5.41, 5.74) is 3.77. The normalized spacial score (nSPS) is 24.7. The average molecular weight is 556 g/mol. The first-order chi connectivity index (χ1) is 20.2. The van der Waals surface area contributed by atoms with Crippen molar-refractivity contribution in [1.29, 1.82) is 5.26 Å². The maximum atomic E-state index is 10.0. The lowest BCUT2D eigenvalue weighted by Crippen LogP contribution is -2.25. The van der Waals surface area contributed by atoms with Crippen molar-refractivity contribution in [1.82, 2.24) is 9.97 Å². The van der Waals surface area contributed by atoms with Gasteiger partial charge in [0, 0.05) is 18.0 Å². The van der Waals surface area contributed by atoms with Crippen LogP contribution in [0.25, 0.3) is 11.4 Å². The zero-order valence-corrected chi connectivity index (χ0v) is 26.4. The lowest BCUT2D eigenvalue weighted by atomic mass is 9.67. The number of aromatic nitrogens is 2. The van der Waals surface area contributed by atoms with E-state index in [4.69, 9.17) is 9.97 Å². The zero-order chi connectivity index (χ0) is 28.8. The molecule has 0 radical (unpaired) electrons. The van der Waals surface area contributed by atoms with Gasteiger partial charge in [-0.2, -0.15) is 5.26 Å². The molecule has 0 N–H and O–H groups in total. The van der Waals surface area contributed by atoms with E-state index in [-0.39, 0.29) is 5.41 Å². The summed E-state index contributed by atoms with van der Waals surface area (Å²) < 4.78 is 0. The van der Waals surface area contributed by atoms with Crippen molar-refractivity contribution in [3.8, 4) is 17.5 Å². The highest BCUT2D eigenvalue weighted by Gasteiger charge is 2.35. The molecule has 0 spiro atoms. The predicted octanol–water partition coefficient (Wildman–Crippen LogP) is 11.7. The van der Waals surface area contributed by atoms with Crippen molar-refractivity contribution in [2.45, 2.75) is 161 Å². The van der Waals surface area contributed by atoms with Crippen molar-refractivity contribution < 1.29 is 0 Å². The molecule has 2 aromatic rings. The first kappa shape index (κ1) is 31.7. The molecule has 1 aromatic carbocycles. The Balaban J connectivity index is 1.21. The van der Waals surface area contributed by atoms with Crippen LogP contribution in [0.2, 0.25) is 0 Å². The molecular formula is C38H57N3. The van der Waals surface area contributed by atoms with E-state index in [9.17, 15) is 5.26 Å². The second-order valence-electron chi connectivity index (χ2n) is 13.6. The third-order valence-electron chi connectivity index (χ3n) is 10.5. The maximum Gasteiger partial charge on any atom is 0.159 e. The van der Waals surface area contributed by atoms with Crippen molar-refractivity contribution in [3.63, 3.8) is 0 Å². The molecule has 0 saturated heterocycles. The van der Waals surface area contributed by atoms with E-state index in [1.54, 1.807) is 0 Å². The van der Waals surface area contributed by atoms with E-state index in [0.29, 0.717) is 11.8 Å². The Morgan fingerprint density at radius 3 is 1.85 bits per heavy atom. The Labute approximate surface area is 252 Å². The Morgan fingerprint density at radius 1 is 0.683 bits per heavy atom. The molecular weight excluding hydrogens is 498 g/mol. The summed E-state index contributed by atoms with van der Waals surface area (Å²) in [7, 11) is 0. The molecule has 1 aromatic heterocycles. The lowest BCUT2D eigenvalue weighted by Gasteiger charge is -2.35. The van der Waals surface area contributed by atoms with Gasteiger partial charge in [0.25, 0.3) is 0 Å². The van der Waals surface area contributed by atoms with Crippen LogP contribution in [0, 0.1) is 22.7 Å². The Hall–Kier alpha value is -2.21. The topological polar surface area (TPSA) is 49.6 Å². The van der Waals surface area contributed by atoms with E-state index >= 15 is 0 Å². The summed E-state index contributed by atoms with van der Waals surface area (Å²) in [6.45, 7) is 4.56. The van der Waals surface area contributed by atoms with Gasteiger partial charge in [-0.3, -0.25) is 0 Å². The molecule has 2 saturated carbocycles. The molecule has 0 amide bonds. The minimum atomic E-state index is -0.0791. The van der Waals surface area contributed by atoms with Crippen LogP contribution in [0.15, 0.2) is 36.7 Å². The number of hydrogen-bond donors (Lipinski definition) is 0. The molecule has 2 aliphatic carbocycles. The quantitative estimate of drug-likeness (QED) is 0.193. The predicted molar refractivity (Wildman–Crippen MR) is 173 cm³/mol. The first-order valence-electron chi connectivity index (χ1n) is 17.5. The summed E-state index contributed by atoms with van der Waals surface area (Å²) in [6, 6.07) is 11.7. The summed E-state index contributed by atoms with van der Waals surface area (Å²) in [5.74, 6) is 2.99. The van der Waals surface area contributed by atoms with Gasteiger partial charge in [-0.15, -0.1) is 0 Å². The van der Waals surface area contributed by atoms with E-state index in [1.165, 1.54) is 114 Å². The van der Waals surface area contributed by atoms with E-state index < -0.39 is 0 Å². The van der Waals surface area contributed by atoms with Crippen molar-refractivity contribution >= 4 is 0 Å². The number of rotatable bonds is 16. The van der Waals surface area contributed by atoms with Gasteiger partial charge in [0.15, 0.2) is 5.82 Å². The van der Waals surface area contributed by atoms with Crippen LogP contribution in [-0.4, -0.2) is 9.97 Å². The van der Waals surface area contributed by atoms with Crippen LogP contribution in [0.3, 0.4) is 0 Å². The SMILES string of the molecule is CCCCCCCCC1(C#N)CCC(c2ccc(-c3ncc(C4CCC(CCCCCCC)CC4)cn3)cc2)CC1. The number of hydrogen-bond acceptors (Lipinski definition) is 3. The highest BCUT2D eigenvalue weighted by Crippen LogP contribution is 2.46. The van der Waals surface area contributed by atoms with Gasteiger partial charge in [-0.05, 0) is 86.7 Å². The second-order valence-corrected chi connectivity index (χ2v) is 13.6. The van der Waals surface area contributed by atoms with Crippen molar-refractivity contribution in [3.05, 3.63) is 47.8 Å². The summed E-state index contributed by atoms with van der Waals surface area (Å²) in [5, 5.41) is 10.0. The molecule has 2 aliphatic rings. The molecule has 1 heterocycles. The third-order valence-corrected chi connectivity index (χ3v) is 10.5. The second kappa shape index (κ2) is 17.0. The molecule has 224 valence electrons. The monoisotopic (exact) mass is 555 g/mol. The smallest absolute Gasteiger partial charge is 0.159 e. The fraction of sp³-hybridized carbons (Fsp3) is 0.711. The molecule has 41 heavy (non-hydrogen) atoms. The molecule has 0 bridgehead atoms. The highest BCUT2D eigenvalue weighted by molar-refractivity contribution is 5.55. The van der Waals surface area contributed by atoms with Crippen LogP contribution in [0.5, 0.6) is 0 Å². The molecule has 0 unspecified atom stereocenters. The van der Waals surface area contributed by atoms with Crippen LogP contribution in [0.1, 0.15) is 172 Å². The number of nitrogens with zero attached hydrogens (tertiary/aromatic N) is 3. The molecule has 0 aliphatic heterocycles.